The summed E-state index contributed by atoms with van der Waals surface area (Å²) in [5.74, 6) is 1.01. The van der Waals surface area contributed by atoms with Gasteiger partial charge in [-0.25, -0.2) is 0 Å². The Hall–Kier alpha value is -2.42. The van der Waals surface area contributed by atoms with Gasteiger partial charge < -0.3 is 19.6 Å². The molecule has 0 atom stereocenters. The fraction of sp³-hybridized carbons (Fsp3) is 0.304. The van der Waals surface area contributed by atoms with Crippen molar-refractivity contribution in [3.05, 3.63) is 138 Å². The molecule has 6 aromatic rings. The third kappa shape index (κ3) is 9.97. The normalized spacial score (nSPS) is 11.4. The number of methoxy groups -OCH3 is 1. The predicted molar refractivity (Wildman–Crippen MR) is 229 cm³/mol. The van der Waals surface area contributed by atoms with Gasteiger partial charge >= 0.3 is 30.2 Å². The van der Waals surface area contributed by atoms with Gasteiger partial charge in [-0.3, -0.25) is 0 Å². The van der Waals surface area contributed by atoms with E-state index in [4.69, 9.17) is 4.74 Å². The van der Waals surface area contributed by atoms with E-state index in [1.54, 1.807) is 18.2 Å². The maximum absolute atomic E-state index is 5.95. The molecule has 272 valence electrons. The first kappa shape index (κ1) is 46.6. The van der Waals surface area contributed by atoms with E-state index in [0.717, 1.165) is 5.75 Å². The van der Waals surface area contributed by atoms with Crippen LogP contribution in [-0.4, -0.2) is 14.0 Å². The predicted octanol–water partition coefficient (Wildman–Crippen LogP) is 13.5. The van der Waals surface area contributed by atoms with Crippen molar-refractivity contribution in [3.63, 3.8) is 0 Å². The number of fused-ring (bicyclic) bond motifs is 3. The molecule has 0 N–H and O–H groups in total. The number of hydrogen-bond donors (Lipinski definition) is 0. The van der Waals surface area contributed by atoms with Gasteiger partial charge in [0.1, 0.15) is 5.75 Å². The topological polar surface area (TPSA) is 9.23 Å². The minimum absolute atomic E-state index is 0. The summed E-state index contributed by atoms with van der Waals surface area (Å²) in [5.41, 5.74) is 17.8. The molecule has 0 amide bonds. The molecule has 0 spiro atoms. The van der Waals surface area contributed by atoms with Gasteiger partial charge in [-0.05, 0) is 74.6 Å². The van der Waals surface area contributed by atoms with Gasteiger partial charge in [0.05, 0.1) is 7.11 Å². The van der Waals surface area contributed by atoms with E-state index in [0.29, 0.717) is 0 Å². The van der Waals surface area contributed by atoms with E-state index in [9.17, 15) is 0 Å². The molecule has 1 aliphatic rings. The molecule has 1 aliphatic carbocycles. The molecule has 0 heterocycles. The van der Waals surface area contributed by atoms with E-state index < -0.39 is 0 Å². The first-order chi connectivity index (χ1) is 22.3. The number of ether oxygens (including phenoxy) is 1. The van der Waals surface area contributed by atoms with Crippen molar-refractivity contribution < 1.29 is 28.1 Å². The molecular formula is C46H56Cl2OSiZr-4. The maximum atomic E-state index is 5.95. The third-order valence-electron chi connectivity index (χ3n) is 9.37. The third-order valence-corrected chi connectivity index (χ3v) is 9.37. The first-order valence-corrected chi connectivity index (χ1v) is 20.9. The molecule has 0 aliphatic heterocycles. The molecular weight excluding hydrogens is 759 g/mol. The van der Waals surface area contributed by atoms with E-state index in [1.807, 2.05) is 0 Å². The minimum atomic E-state index is 0. The van der Waals surface area contributed by atoms with E-state index in [1.165, 1.54) is 125 Å². The Morgan fingerprint density at radius 2 is 1.04 bits per heavy atom. The van der Waals surface area contributed by atoms with Crippen LogP contribution in [0.1, 0.15) is 77.3 Å². The molecule has 2 radical (unpaired) electrons. The van der Waals surface area contributed by atoms with Gasteiger partial charge in [0.25, 0.3) is 0 Å². The average molecular weight is 815 g/mol. The quantitative estimate of drug-likeness (QED) is 0.128. The van der Waals surface area contributed by atoms with Crippen LogP contribution >= 0.6 is 24.8 Å². The van der Waals surface area contributed by atoms with Gasteiger partial charge in [0, 0.05) is 0 Å². The molecule has 5 heteroatoms. The number of benzene rings is 4. The Morgan fingerprint density at radius 3 is 1.49 bits per heavy atom. The van der Waals surface area contributed by atoms with Crippen molar-refractivity contribution in [2.75, 3.05) is 7.11 Å². The summed E-state index contributed by atoms with van der Waals surface area (Å²) in [7, 11) is 1.79. The van der Waals surface area contributed by atoms with Crippen molar-refractivity contribution in [3.8, 4) is 28.0 Å². The van der Waals surface area contributed by atoms with Gasteiger partial charge in [-0.2, -0.15) is 12.1 Å². The molecule has 0 unspecified atom stereocenters. The van der Waals surface area contributed by atoms with Crippen molar-refractivity contribution >= 4 is 53.2 Å². The average Bonchev–Trinajstić information content (AvgIpc) is 3.71. The van der Waals surface area contributed by atoms with Crippen LogP contribution in [0.15, 0.2) is 72.8 Å². The SMILES string of the molecule is COc1c(C(C)(C)C)cc2[cH-]c(C)cc2c1-c1cc(C)cc(C)c1.Cc1cc(C)cc(-c2c3c(cc4[cH-]c(C)cc24)CCC3)c1.Cl.Cl.[CH3-].[CH3-].[Si]=[Zr]. The molecule has 7 rings (SSSR count). The fourth-order valence-electron chi connectivity index (χ4n) is 7.69. The van der Waals surface area contributed by atoms with Crippen LogP contribution < -0.4 is 4.74 Å². The molecule has 0 aromatic heterocycles. The Bertz CT molecular complexity index is 2050. The Morgan fingerprint density at radius 1 is 0.608 bits per heavy atom. The van der Waals surface area contributed by atoms with E-state index in [-0.39, 0.29) is 45.1 Å². The Labute approximate surface area is 338 Å². The molecule has 0 bridgehead atoms. The monoisotopic (exact) mass is 812 g/mol. The second-order valence-electron chi connectivity index (χ2n) is 14.6. The van der Waals surface area contributed by atoms with Crippen molar-refractivity contribution in [1.82, 2.24) is 0 Å². The summed E-state index contributed by atoms with van der Waals surface area (Å²) >= 11 is 1.36. The van der Waals surface area contributed by atoms with Crippen LogP contribution in [0, 0.1) is 56.4 Å². The first-order valence-electron chi connectivity index (χ1n) is 16.7. The second-order valence-corrected chi connectivity index (χ2v) is 14.6. The molecule has 1 nitrogen and oxygen atoms in total. The summed E-state index contributed by atoms with van der Waals surface area (Å²) in [6.45, 7) is 22.9. The molecule has 0 fully saturated rings. The van der Waals surface area contributed by atoms with Crippen LogP contribution in [-0.2, 0) is 41.6 Å². The van der Waals surface area contributed by atoms with Crippen LogP contribution in [0.5, 0.6) is 5.75 Å². The van der Waals surface area contributed by atoms with E-state index in [2.05, 4.69) is 142 Å². The standard InChI is InChI=1S/C23H27O.C21H21.2CH3.2ClH.Si.Zr/c1-14-8-15(2)11-18(10-14)21-19-12-16(3)9-17(19)13-20(22(21)24-7)23(4,5)6;1-13-7-14(2)10-18(9-13)21-19-6-4-5-16(19)12-17-8-15(3)11-20(17)21;;;;;;/h8-13H,1-7H3;7-12H,4-6H2,1-3H3;2*1H3;2*1H;;/q4*-1;;;;. The zero-order valence-corrected chi connectivity index (χ0v) is 37.9. The second kappa shape index (κ2) is 19.1. The number of rotatable bonds is 3. The van der Waals surface area contributed by atoms with Crippen LogP contribution in [0.4, 0.5) is 0 Å². The molecule has 6 aromatic carbocycles. The summed E-state index contributed by atoms with van der Waals surface area (Å²) < 4.78 is 5.95. The number of halogens is 2. The fourth-order valence-corrected chi connectivity index (χ4v) is 7.69. The van der Waals surface area contributed by atoms with Crippen LogP contribution in [0.25, 0.3) is 43.8 Å². The number of aryl methyl sites for hydroxylation is 7. The van der Waals surface area contributed by atoms with Crippen molar-refractivity contribution in [2.45, 2.75) is 87.0 Å². The zero-order chi connectivity index (χ0) is 34.2. The summed E-state index contributed by atoms with van der Waals surface area (Å²) in [4.78, 5) is 0. The van der Waals surface area contributed by atoms with Crippen molar-refractivity contribution in [1.29, 1.82) is 0 Å². The molecule has 0 saturated carbocycles. The van der Waals surface area contributed by atoms with Gasteiger partial charge in [-0.15, -0.1) is 81.8 Å². The Kier molecular flexibility index (Phi) is 17.4. The van der Waals surface area contributed by atoms with Crippen LogP contribution in [0.2, 0.25) is 0 Å². The zero-order valence-electron chi connectivity index (χ0n) is 32.8. The summed E-state index contributed by atoms with van der Waals surface area (Å²) in [6.07, 6.45) is 3.78. The van der Waals surface area contributed by atoms with Gasteiger partial charge in [0.15, 0.2) is 0 Å². The van der Waals surface area contributed by atoms with Gasteiger partial charge in [-0.1, -0.05) is 110 Å². The molecule has 51 heavy (non-hydrogen) atoms. The molecule has 0 saturated heterocycles. The van der Waals surface area contributed by atoms with Crippen LogP contribution in [0.3, 0.4) is 0 Å². The Balaban J connectivity index is 0.000000455. The number of hydrogen-bond acceptors (Lipinski definition) is 1. The summed E-state index contributed by atoms with van der Waals surface area (Å²) in [6, 6.07) is 27.7. The van der Waals surface area contributed by atoms with Gasteiger partial charge in [0.2, 0.25) is 0 Å². The van der Waals surface area contributed by atoms with E-state index >= 15 is 0 Å². The van der Waals surface area contributed by atoms with Crippen molar-refractivity contribution in [2.24, 2.45) is 0 Å². The summed E-state index contributed by atoms with van der Waals surface area (Å²) in [5, 5.41) is 5.44.